The minimum atomic E-state index is -2.86. The lowest BCUT2D eigenvalue weighted by molar-refractivity contribution is -0.197. The van der Waals surface area contributed by atoms with E-state index in [0.717, 1.165) is 10.4 Å². The first-order valence-corrected chi connectivity index (χ1v) is 13.9. The molecule has 1 saturated heterocycles. The molecule has 1 aliphatic heterocycles. The second kappa shape index (κ2) is 9.57. The lowest BCUT2D eigenvalue weighted by atomic mass is 9.71. The fraction of sp³-hybridized carbons (Fsp3) is 0.407. The number of aromatic nitrogens is 2. The van der Waals surface area contributed by atoms with Crippen molar-refractivity contribution in [2.24, 2.45) is 5.41 Å². The second-order valence-corrected chi connectivity index (χ2v) is 13.4. The summed E-state index contributed by atoms with van der Waals surface area (Å²) in [5.41, 5.74) is -3.99. The van der Waals surface area contributed by atoms with Crippen LogP contribution in [0.25, 0.3) is 0 Å². The van der Waals surface area contributed by atoms with Crippen LogP contribution in [0.4, 0.5) is 0 Å². The Kier molecular flexibility index (Phi) is 6.97. The van der Waals surface area contributed by atoms with Gasteiger partial charge in [-0.05, 0) is 11.8 Å². The molecular weight excluding hydrogens is 476 g/mol. The summed E-state index contributed by atoms with van der Waals surface area (Å²) in [5.74, 6) is 0. The van der Waals surface area contributed by atoms with E-state index in [9.17, 15) is 24.9 Å². The molecule has 2 heterocycles. The molecule has 1 aliphatic rings. The minimum Gasteiger partial charge on any atom is -0.394 e. The molecule has 4 rings (SSSR count). The average molecular weight is 511 g/mol. The van der Waals surface area contributed by atoms with Gasteiger partial charge in [0.2, 0.25) is 0 Å². The van der Waals surface area contributed by atoms with Crippen LogP contribution in [-0.2, 0) is 16.5 Å². The van der Waals surface area contributed by atoms with Crippen LogP contribution < -0.4 is 21.6 Å². The summed E-state index contributed by atoms with van der Waals surface area (Å²) in [6, 6.07) is 19.0. The predicted molar refractivity (Wildman–Crippen MR) is 140 cm³/mol. The Morgan fingerprint density at radius 2 is 1.56 bits per heavy atom. The van der Waals surface area contributed by atoms with Crippen molar-refractivity contribution in [2.75, 3.05) is 6.61 Å². The number of hydrogen-bond donors (Lipinski definition) is 4. The van der Waals surface area contributed by atoms with E-state index < -0.39 is 55.2 Å². The van der Waals surface area contributed by atoms with Crippen LogP contribution in [0.2, 0.25) is 0 Å². The Balaban J connectivity index is 2.23. The molecule has 1 aromatic heterocycles. The molecule has 36 heavy (non-hydrogen) atoms. The minimum absolute atomic E-state index is 0.338. The first-order chi connectivity index (χ1) is 17.0. The van der Waals surface area contributed by atoms with E-state index in [1.54, 1.807) is 27.7 Å². The molecule has 4 N–H and O–H groups in total. The molecule has 3 aromatic rings. The normalized spacial score (nSPS) is 26.4. The summed E-state index contributed by atoms with van der Waals surface area (Å²) in [6.45, 7) is 6.55. The topological polar surface area (TPSA) is 125 Å². The van der Waals surface area contributed by atoms with E-state index in [1.807, 2.05) is 60.7 Å². The molecule has 0 unspecified atom stereocenters. The number of rotatable bonds is 6. The summed E-state index contributed by atoms with van der Waals surface area (Å²) >= 11 is 0. The lowest BCUT2D eigenvalue weighted by Crippen LogP contribution is -2.77. The van der Waals surface area contributed by atoms with Crippen molar-refractivity contribution in [1.82, 2.24) is 9.55 Å². The number of aliphatic hydroxyl groups is 3. The van der Waals surface area contributed by atoms with Crippen LogP contribution in [0.1, 0.15) is 33.3 Å². The quantitative estimate of drug-likeness (QED) is 0.342. The molecule has 0 radical (unpaired) electrons. The summed E-state index contributed by atoms with van der Waals surface area (Å²) in [6.07, 6.45) is -0.903. The Morgan fingerprint density at radius 3 is 2.00 bits per heavy atom. The Bertz CT molecular complexity index is 1280. The van der Waals surface area contributed by atoms with Crippen molar-refractivity contribution in [2.45, 2.75) is 57.3 Å². The summed E-state index contributed by atoms with van der Waals surface area (Å²) < 4.78 is 7.85. The van der Waals surface area contributed by atoms with Gasteiger partial charge in [0.15, 0.2) is 14.1 Å². The molecule has 0 saturated carbocycles. The highest BCUT2D eigenvalue weighted by Crippen LogP contribution is 2.53. The molecular formula is C27H34N2O6Si. The molecule has 9 heteroatoms. The van der Waals surface area contributed by atoms with Crippen molar-refractivity contribution < 1.29 is 20.1 Å². The number of nitrogens with one attached hydrogen (secondary N) is 1. The number of aliphatic hydroxyl groups excluding tert-OH is 2. The Morgan fingerprint density at radius 1 is 1.03 bits per heavy atom. The highest BCUT2D eigenvalue weighted by atomic mass is 28.3. The maximum absolute atomic E-state index is 13.6. The molecule has 0 amide bonds. The van der Waals surface area contributed by atoms with Crippen LogP contribution >= 0.6 is 0 Å². The molecule has 4 atom stereocenters. The van der Waals surface area contributed by atoms with Gasteiger partial charge in [0.25, 0.3) is 5.56 Å². The average Bonchev–Trinajstić information content (AvgIpc) is 3.09. The fourth-order valence-corrected chi connectivity index (χ4v) is 9.92. The standard InChI is InChI=1S/C27H34N2O6Si/c1-5-18-16-29(24(33)28-23(18)32)27(26(34,25(2,3)4)22(31)21(17-30)35-27)36(19-12-8-6-9-13-19)20-14-10-7-11-15-20/h6-16,21-22,30-31,34,36H,5,17H2,1-4H3,(H,28,32,33)/t21-,22-,26+,27+/m1/s1. The van der Waals surface area contributed by atoms with Gasteiger partial charge >= 0.3 is 5.69 Å². The lowest BCUT2D eigenvalue weighted by Gasteiger charge is -2.53. The van der Waals surface area contributed by atoms with Gasteiger partial charge in [-0.3, -0.25) is 14.3 Å². The first kappa shape index (κ1) is 26.2. The van der Waals surface area contributed by atoms with E-state index in [-0.39, 0.29) is 0 Å². The number of nitrogens with zero attached hydrogens (tertiary/aromatic N) is 1. The largest absolute Gasteiger partial charge is 0.394 e. The highest BCUT2D eigenvalue weighted by molar-refractivity contribution is 6.87. The number of ether oxygens (including phenoxy) is 1. The molecule has 0 aliphatic carbocycles. The van der Waals surface area contributed by atoms with Crippen molar-refractivity contribution >= 4 is 19.2 Å². The van der Waals surface area contributed by atoms with Crippen molar-refractivity contribution in [3.63, 3.8) is 0 Å². The van der Waals surface area contributed by atoms with Gasteiger partial charge in [-0.2, -0.15) is 0 Å². The molecule has 0 spiro atoms. The van der Waals surface area contributed by atoms with Crippen LogP contribution in [0.5, 0.6) is 0 Å². The molecule has 0 bridgehead atoms. The maximum atomic E-state index is 13.6. The third-order valence-electron chi connectivity index (χ3n) is 7.39. The number of benzene rings is 2. The number of aryl methyl sites for hydroxylation is 1. The Labute approximate surface area is 211 Å². The van der Waals surface area contributed by atoms with Gasteiger partial charge in [-0.1, -0.05) is 98.7 Å². The van der Waals surface area contributed by atoms with Gasteiger partial charge in [-0.15, -0.1) is 0 Å². The molecule has 1 fully saturated rings. The maximum Gasteiger partial charge on any atom is 0.330 e. The third kappa shape index (κ3) is 3.82. The fourth-order valence-electron chi connectivity index (χ4n) is 5.60. The second-order valence-electron chi connectivity index (χ2n) is 10.4. The van der Waals surface area contributed by atoms with Crippen molar-refractivity contribution in [3.05, 3.63) is 93.3 Å². The van der Waals surface area contributed by atoms with E-state index in [2.05, 4.69) is 4.98 Å². The van der Waals surface area contributed by atoms with Gasteiger partial charge in [0.05, 0.1) is 6.61 Å². The van der Waals surface area contributed by atoms with Crippen LogP contribution in [0, 0.1) is 5.41 Å². The predicted octanol–water partition coefficient (Wildman–Crippen LogP) is -0.138. The molecule has 192 valence electrons. The number of hydrogen-bond acceptors (Lipinski definition) is 6. The first-order valence-electron chi connectivity index (χ1n) is 12.2. The third-order valence-corrected chi connectivity index (χ3v) is 11.1. The van der Waals surface area contributed by atoms with Gasteiger partial charge in [0, 0.05) is 11.8 Å². The van der Waals surface area contributed by atoms with E-state index in [0.29, 0.717) is 12.0 Å². The summed E-state index contributed by atoms with van der Waals surface area (Å²) in [7, 11) is -2.86. The summed E-state index contributed by atoms with van der Waals surface area (Å²) in [5, 5.41) is 34.4. The molecule has 8 nitrogen and oxygen atoms in total. The molecule has 2 aromatic carbocycles. The smallest absolute Gasteiger partial charge is 0.330 e. The van der Waals surface area contributed by atoms with Crippen molar-refractivity contribution in [1.29, 1.82) is 0 Å². The SMILES string of the molecule is CCc1cn([C@]2([SiH](c3ccccc3)c3ccccc3)O[C@H](CO)[C@@H](O)[C@]2(O)C(C)(C)C)c(=O)[nH]c1=O. The van der Waals surface area contributed by atoms with Crippen LogP contribution in [-0.4, -0.2) is 58.1 Å². The zero-order valence-corrected chi connectivity index (χ0v) is 22.2. The number of H-pyrrole nitrogens is 1. The van der Waals surface area contributed by atoms with Crippen molar-refractivity contribution in [3.8, 4) is 0 Å². The van der Waals surface area contributed by atoms with Gasteiger partial charge in [0.1, 0.15) is 17.8 Å². The zero-order valence-electron chi connectivity index (χ0n) is 21.0. The number of aromatic amines is 1. The van der Waals surface area contributed by atoms with E-state index in [4.69, 9.17) is 4.74 Å². The Hall–Kier alpha value is -2.82. The summed E-state index contributed by atoms with van der Waals surface area (Å²) in [4.78, 5) is 28.5. The zero-order chi connectivity index (χ0) is 26.3. The highest BCUT2D eigenvalue weighted by Gasteiger charge is 2.73. The van der Waals surface area contributed by atoms with E-state index >= 15 is 0 Å². The van der Waals surface area contributed by atoms with Crippen LogP contribution in [0.15, 0.2) is 76.4 Å². The van der Waals surface area contributed by atoms with E-state index in [1.165, 1.54) is 10.8 Å². The van der Waals surface area contributed by atoms with Crippen LogP contribution in [0.3, 0.4) is 0 Å². The monoisotopic (exact) mass is 510 g/mol. The van der Waals surface area contributed by atoms with Gasteiger partial charge < -0.3 is 20.1 Å². The van der Waals surface area contributed by atoms with Gasteiger partial charge in [-0.25, -0.2) is 4.79 Å².